The number of hydrogen-bond acceptors (Lipinski definition) is 4. The van der Waals surface area contributed by atoms with E-state index < -0.39 is 0 Å². The van der Waals surface area contributed by atoms with Crippen molar-refractivity contribution in [1.82, 2.24) is 15.6 Å². The lowest BCUT2D eigenvalue weighted by atomic mass is 10.2. The van der Waals surface area contributed by atoms with Gasteiger partial charge in [-0.15, -0.1) is 0 Å². The van der Waals surface area contributed by atoms with Gasteiger partial charge in [-0.3, -0.25) is 9.59 Å². The maximum Gasteiger partial charge on any atom is 0.252 e. The van der Waals surface area contributed by atoms with Crippen LogP contribution in [0.25, 0.3) is 0 Å². The molecule has 3 N–H and O–H groups in total. The molecule has 0 aliphatic rings. The normalized spacial score (nSPS) is 11.6. The molecule has 0 aromatic carbocycles. The molecule has 1 heterocycles. The van der Waals surface area contributed by atoms with Crippen molar-refractivity contribution in [2.75, 3.05) is 18.9 Å². The number of pyridine rings is 1. The van der Waals surface area contributed by atoms with Gasteiger partial charge < -0.3 is 16.0 Å². The highest BCUT2D eigenvalue weighted by molar-refractivity contribution is 6.33. The van der Waals surface area contributed by atoms with Crippen LogP contribution in [0.3, 0.4) is 0 Å². The molecular formula is C14H21ClN4O2. The number of amides is 2. The second-order valence-corrected chi connectivity index (χ2v) is 5.09. The number of anilines is 1. The van der Waals surface area contributed by atoms with Gasteiger partial charge in [0.1, 0.15) is 5.82 Å². The topological polar surface area (TPSA) is 83.1 Å². The van der Waals surface area contributed by atoms with Crippen molar-refractivity contribution in [2.45, 2.75) is 32.7 Å². The van der Waals surface area contributed by atoms with E-state index in [2.05, 4.69) is 20.9 Å². The Morgan fingerprint density at radius 2 is 2.14 bits per heavy atom. The molecular weight excluding hydrogens is 292 g/mol. The first-order valence-corrected chi connectivity index (χ1v) is 7.26. The van der Waals surface area contributed by atoms with Crippen LogP contribution in [0.2, 0.25) is 5.02 Å². The summed E-state index contributed by atoms with van der Waals surface area (Å²) in [4.78, 5) is 27.5. The van der Waals surface area contributed by atoms with Crippen LogP contribution in [0.5, 0.6) is 0 Å². The Bertz CT molecular complexity index is 508. The van der Waals surface area contributed by atoms with Gasteiger partial charge in [0.2, 0.25) is 5.91 Å². The van der Waals surface area contributed by atoms with E-state index in [1.807, 2.05) is 13.8 Å². The SMILES string of the molecule is CCC(C)NC(=O)CCNC(=O)c1cnc(NC)c(Cl)c1. The number of rotatable bonds is 7. The van der Waals surface area contributed by atoms with Crippen molar-refractivity contribution < 1.29 is 9.59 Å². The molecule has 1 atom stereocenters. The van der Waals surface area contributed by atoms with Crippen molar-refractivity contribution in [3.63, 3.8) is 0 Å². The van der Waals surface area contributed by atoms with Crippen LogP contribution in [-0.2, 0) is 4.79 Å². The molecule has 0 saturated heterocycles. The minimum absolute atomic E-state index is 0.0775. The minimum Gasteiger partial charge on any atom is -0.372 e. The highest BCUT2D eigenvalue weighted by Crippen LogP contribution is 2.19. The van der Waals surface area contributed by atoms with Gasteiger partial charge in [-0.05, 0) is 19.4 Å². The largest absolute Gasteiger partial charge is 0.372 e. The predicted octanol–water partition coefficient (Wildman–Crippen LogP) is 1.81. The molecule has 116 valence electrons. The molecule has 0 aliphatic heterocycles. The van der Waals surface area contributed by atoms with Gasteiger partial charge >= 0.3 is 0 Å². The Labute approximate surface area is 129 Å². The fraction of sp³-hybridized carbons (Fsp3) is 0.500. The van der Waals surface area contributed by atoms with E-state index in [1.54, 1.807) is 7.05 Å². The van der Waals surface area contributed by atoms with E-state index in [9.17, 15) is 9.59 Å². The first kappa shape index (κ1) is 17.2. The van der Waals surface area contributed by atoms with Crippen LogP contribution in [0.1, 0.15) is 37.0 Å². The molecule has 1 rings (SSSR count). The molecule has 1 unspecified atom stereocenters. The van der Waals surface area contributed by atoms with Gasteiger partial charge in [0.25, 0.3) is 5.91 Å². The Balaban J connectivity index is 2.44. The predicted molar refractivity (Wildman–Crippen MR) is 83.6 cm³/mol. The van der Waals surface area contributed by atoms with E-state index in [0.717, 1.165) is 6.42 Å². The lowest BCUT2D eigenvalue weighted by Gasteiger charge is -2.11. The van der Waals surface area contributed by atoms with Gasteiger partial charge in [0.15, 0.2) is 0 Å². The highest BCUT2D eigenvalue weighted by Gasteiger charge is 2.10. The van der Waals surface area contributed by atoms with Crippen LogP contribution in [0.4, 0.5) is 5.82 Å². The Morgan fingerprint density at radius 3 is 2.71 bits per heavy atom. The van der Waals surface area contributed by atoms with Crippen LogP contribution in [0.15, 0.2) is 12.3 Å². The van der Waals surface area contributed by atoms with Crippen LogP contribution in [-0.4, -0.2) is 36.4 Å². The number of nitrogens with one attached hydrogen (secondary N) is 3. The summed E-state index contributed by atoms with van der Waals surface area (Å²) in [5, 5.41) is 8.69. The molecule has 0 saturated carbocycles. The first-order chi connectivity index (χ1) is 9.97. The molecule has 0 spiro atoms. The van der Waals surface area contributed by atoms with Crippen molar-refractivity contribution >= 4 is 29.2 Å². The minimum atomic E-state index is -0.302. The molecule has 7 heteroatoms. The van der Waals surface area contributed by atoms with Crippen molar-refractivity contribution in [3.05, 3.63) is 22.8 Å². The molecule has 1 aromatic heterocycles. The first-order valence-electron chi connectivity index (χ1n) is 6.88. The quantitative estimate of drug-likeness (QED) is 0.717. The zero-order chi connectivity index (χ0) is 15.8. The van der Waals surface area contributed by atoms with E-state index >= 15 is 0 Å². The lowest BCUT2D eigenvalue weighted by molar-refractivity contribution is -0.121. The van der Waals surface area contributed by atoms with Crippen molar-refractivity contribution in [1.29, 1.82) is 0 Å². The average Bonchev–Trinajstić information content (AvgIpc) is 2.46. The Morgan fingerprint density at radius 1 is 1.43 bits per heavy atom. The summed E-state index contributed by atoms with van der Waals surface area (Å²) >= 11 is 5.96. The van der Waals surface area contributed by atoms with Gasteiger partial charge in [0.05, 0.1) is 10.6 Å². The monoisotopic (exact) mass is 312 g/mol. The number of halogens is 1. The molecule has 0 bridgehead atoms. The summed E-state index contributed by atoms with van der Waals surface area (Å²) in [7, 11) is 1.70. The number of carbonyl (C=O) groups excluding carboxylic acids is 2. The zero-order valence-corrected chi connectivity index (χ0v) is 13.3. The second kappa shape index (κ2) is 8.46. The third kappa shape index (κ3) is 5.59. The summed E-state index contributed by atoms with van der Waals surface area (Å²) in [6.07, 6.45) is 2.55. The van der Waals surface area contributed by atoms with Gasteiger partial charge in [0, 0.05) is 32.3 Å². The summed E-state index contributed by atoms with van der Waals surface area (Å²) < 4.78 is 0. The van der Waals surface area contributed by atoms with Gasteiger partial charge in [-0.2, -0.15) is 0 Å². The van der Waals surface area contributed by atoms with Crippen molar-refractivity contribution in [3.8, 4) is 0 Å². The fourth-order valence-electron chi connectivity index (χ4n) is 1.59. The summed E-state index contributed by atoms with van der Waals surface area (Å²) in [6.45, 7) is 4.21. The molecule has 0 fully saturated rings. The average molecular weight is 313 g/mol. The van der Waals surface area contributed by atoms with E-state index in [-0.39, 0.29) is 30.8 Å². The molecule has 2 amide bonds. The number of aromatic nitrogens is 1. The second-order valence-electron chi connectivity index (χ2n) is 4.69. The maximum atomic E-state index is 11.9. The summed E-state index contributed by atoms with van der Waals surface area (Å²) in [5.41, 5.74) is 0.362. The summed E-state index contributed by atoms with van der Waals surface area (Å²) in [5.74, 6) is 0.135. The standard InChI is InChI=1S/C14H21ClN4O2/c1-4-9(2)19-12(20)5-6-17-14(21)10-7-11(15)13(16-3)18-8-10/h7-9H,4-6H2,1-3H3,(H,16,18)(H,17,21)(H,19,20). The maximum absolute atomic E-state index is 11.9. The van der Waals surface area contributed by atoms with Crippen LogP contribution >= 0.6 is 11.6 Å². The molecule has 6 nitrogen and oxygen atoms in total. The summed E-state index contributed by atoms with van der Waals surface area (Å²) in [6, 6.07) is 1.68. The number of carbonyl (C=O) groups is 2. The van der Waals surface area contributed by atoms with Crippen LogP contribution < -0.4 is 16.0 Å². The Kier molecular flexibility index (Phi) is 6.94. The van der Waals surface area contributed by atoms with E-state index in [4.69, 9.17) is 11.6 Å². The fourth-order valence-corrected chi connectivity index (χ4v) is 1.85. The highest BCUT2D eigenvalue weighted by atomic mass is 35.5. The van der Waals surface area contributed by atoms with Crippen molar-refractivity contribution in [2.24, 2.45) is 0 Å². The molecule has 0 radical (unpaired) electrons. The molecule has 1 aromatic rings. The van der Waals surface area contributed by atoms with Gasteiger partial charge in [-0.1, -0.05) is 18.5 Å². The third-order valence-corrected chi connectivity index (χ3v) is 3.29. The van der Waals surface area contributed by atoms with Gasteiger partial charge in [-0.25, -0.2) is 4.98 Å². The number of nitrogens with zero attached hydrogens (tertiary/aromatic N) is 1. The van der Waals surface area contributed by atoms with E-state index in [1.165, 1.54) is 12.3 Å². The lowest BCUT2D eigenvalue weighted by Crippen LogP contribution is -2.35. The van der Waals surface area contributed by atoms with E-state index in [0.29, 0.717) is 16.4 Å². The molecule has 21 heavy (non-hydrogen) atoms. The zero-order valence-electron chi connectivity index (χ0n) is 12.5. The van der Waals surface area contributed by atoms with Crippen LogP contribution in [0, 0.1) is 0 Å². The number of hydrogen-bond donors (Lipinski definition) is 3. The molecule has 0 aliphatic carbocycles. The Hall–Kier alpha value is -1.82. The smallest absolute Gasteiger partial charge is 0.252 e. The third-order valence-electron chi connectivity index (χ3n) is 3.00.